The van der Waals surface area contributed by atoms with Crippen LogP contribution in [0.15, 0.2) is 36.4 Å². The van der Waals surface area contributed by atoms with Gasteiger partial charge in [0, 0.05) is 12.1 Å². The summed E-state index contributed by atoms with van der Waals surface area (Å²) >= 11 is 0. The minimum atomic E-state index is -4.58. The summed E-state index contributed by atoms with van der Waals surface area (Å²) in [5.74, 6) is -0.282. The summed E-state index contributed by atoms with van der Waals surface area (Å²) in [6.45, 7) is 2.73. The van der Waals surface area contributed by atoms with Crippen LogP contribution in [0.1, 0.15) is 23.6 Å². The van der Waals surface area contributed by atoms with Gasteiger partial charge in [0.25, 0.3) is 0 Å². The molecule has 0 spiro atoms. The molecule has 0 aliphatic carbocycles. The second kappa shape index (κ2) is 8.23. The first-order valence-corrected chi connectivity index (χ1v) is 8.13. The third-order valence-electron chi connectivity index (χ3n) is 3.96. The molecule has 7 heteroatoms. The summed E-state index contributed by atoms with van der Waals surface area (Å²) in [4.78, 5) is 11.3. The molecule has 26 heavy (non-hydrogen) atoms. The van der Waals surface area contributed by atoms with Gasteiger partial charge in [-0.05, 0) is 41.4 Å². The molecule has 140 valence electrons. The van der Waals surface area contributed by atoms with Crippen LogP contribution >= 0.6 is 0 Å². The van der Waals surface area contributed by atoms with Crippen molar-refractivity contribution in [3.05, 3.63) is 53.1 Å². The van der Waals surface area contributed by atoms with E-state index in [1.54, 1.807) is 24.3 Å². The van der Waals surface area contributed by atoms with Crippen LogP contribution in [0.2, 0.25) is 0 Å². The van der Waals surface area contributed by atoms with Gasteiger partial charge in [-0.2, -0.15) is 13.2 Å². The van der Waals surface area contributed by atoms with Crippen LogP contribution < -0.4 is 15.8 Å². The maximum Gasteiger partial charge on any atom is 0.416 e. The Hall–Kier alpha value is -2.54. The smallest absolute Gasteiger partial charge is 0.416 e. The molecule has 0 saturated heterocycles. The van der Waals surface area contributed by atoms with Gasteiger partial charge in [0.15, 0.2) is 0 Å². The summed E-state index contributed by atoms with van der Waals surface area (Å²) in [7, 11) is 1.50. The Bertz CT molecular complexity index is 789. The first-order chi connectivity index (χ1) is 12.3. The molecule has 0 aromatic heterocycles. The molecular formula is C19H21F3N2O2. The van der Waals surface area contributed by atoms with E-state index >= 15 is 0 Å². The lowest BCUT2D eigenvalue weighted by atomic mass is 9.91. The Morgan fingerprint density at radius 3 is 2.42 bits per heavy atom. The largest absolute Gasteiger partial charge is 0.496 e. The topological polar surface area (TPSA) is 64.3 Å². The number of nitrogens with two attached hydrogens (primary N) is 1. The average molecular weight is 366 g/mol. The third kappa shape index (κ3) is 4.54. The Kier molecular flexibility index (Phi) is 6.26. The minimum absolute atomic E-state index is 0.147. The highest BCUT2D eigenvalue weighted by Crippen LogP contribution is 2.39. The van der Waals surface area contributed by atoms with E-state index in [-0.39, 0.29) is 12.1 Å². The number of nitrogens with one attached hydrogen (secondary N) is 1. The maximum absolute atomic E-state index is 13.5. The van der Waals surface area contributed by atoms with Crippen molar-refractivity contribution in [1.82, 2.24) is 5.32 Å². The summed E-state index contributed by atoms with van der Waals surface area (Å²) in [5.41, 5.74) is 5.87. The number of rotatable bonds is 7. The monoisotopic (exact) mass is 366 g/mol. The van der Waals surface area contributed by atoms with Crippen LogP contribution in [0.4, 0.5) is 13.2 Å². The van der Waals surface area contributed by atoms with Gasteiger partial charge in [0.2, 0.25) is 5.91 Å². The minimum Gasteiger partial charge on any atom is -0.496 e. The van der Waals surface area contributed by atoms with Crippen LogP contribution in [-0.2, 0) is 23.9 Å². The number of hydrogen-bond donors (Lipinski definition) is 2. The van der Waals surface area contributed by atoms with Crippen molar-refractivity contribution in [3.8, 4) is 16.9 Å². The zero-order valence-electron chi connectivity index (χ0n) is 14.6. The molecular weight excluding hydrogens is 345 g/mol. The number of primary amides is 1. The van der Waals surface area contributed by atoms with Gasteiger partial charge in [0.05, 0.1) is 19.1 Å². The Labute approximate surface area is 150 Å². The number of carbonyl (C=O) groups is 1. The highest BCUT2D eigenvalue weighted by molar-refractivity contribution is 5.80. The molecule has 0 heterocycles. The third-order valence-corrected chi connectivity index (χ3v) is 3.96. The normalized spacial score (nSPS) is 11.4. The van der Waals surface area contributed by atoms with E-state index in [1.165, 1.54) is 13.2 Å². The van der Waals surface area contributed by atoms with Crippen molar-refractivity contribution < 1.29 is 22.7 Å². The van der Waals surface area contributed by atoms with E-state index in [0.29, 0.717) is 29.0 Å². The predicted octanol–water partition coefficient (Wildman–Crippen LogP) is 3.52. The van der Waals surface area contributed by atoms with Crippen molar-refractivity contribution in [3.63, 3.8) is 0 Å². The molecule has 0 fully saturated rings. The Balaban J connectivity index is 2.73. The number of carbonyl (C=O) groups excluding carboxylic acids is 1. The van der Waals surface area contributed by atoms with Crippen molar-refractivity contribution in [2.45, 2.75) is 26.1 Å². The van der Waals surface area contributed by atoms with E-state index in [2.05, 4.69) is 5.32 Å². The molecule has 0 radical (unpaired) electrons. The first-order valence-electron chi connectivity index (χ1n) is 8.13. The SMILES string of the molecule is CCNCc1cc(C(F)(F)F)c(CC(N)=O)cc1-c1ccccc1OC. The van der Waals surface area contributed by atoms with Gasteiger partial charge in [-0.15, -0.1) is 0 Å². The fraction of sp³-hybridized carbons (Fsp3) is 0.316. The maximum atomic E-state index is 13.5. The lowest BCUT2D eigenvalue weighted by molar-refractivity contribution is -0.138. The van der Waals surface area contributed by atoms with Crippen LogP contribution in [0.25, 0.3) is 11.1 Å². The molecule has 0 saturated carbocycles. The van der Waals surface area contributed by atoms with E-state index in [1.807, 2.05) is 6.92 Å². The number of amides is 1. The van der Waals surface area contributed by atoms with Crippen LogP contribution in [0.3, 0.4) is 0 Å². The lowest BCUT2D eigenvalue weighted by Gasteiger charge is -2.19. The van der Waals surface area contributed by atoms with Gasteiger partial charge in [-0.25, -0.2) is 0 Å². The molecule has 0 atom stereocenters. The predicted molar refractivity (Wildman–Crippen MR) is 93.7 cm³/mol. The molecule has 0 aliphatic heterocycles. The van der Waals surface area contributed by atoms with Crippen molar-refractivity contribution in [2.75, 3.05) is 13.7 Å². The lowest BCUT2D eigenvalue weighted by Crippen LogP contribution is -2.20. The number of alkyl halides is 3. The standard InChI is InChI=1S/C19H21F3N2O2/c1-3-24-11-13-9-16(19(20,21)22)12(10-18(23)25)8-15(13)14-6-4-5-7-17(14)26-2/h4-9,24H,3,10-11H2,1-2H3,(H2,23,25). The van der Waals surface area contributed by atoms with Crippen molar-refractivity contribution >= 4 is 5.91 Å². The second-order valence-electron chi connectivity index (χ2n) is 5.79. The Morgan fingerprint density at radius 1 is 1.15 bits per heavy atom. The summed E-state index contributed by atoms with van der Waals surface area (Å²) < 4.78 is 45.8. The van der Waals surface area contributed by atoms with Gasteiger partial charge >= 0.3 is 6.18 Å². The first kappa shape index (κ1) is 19.8. The average Bonchev–Trinajstić information content (AvgIpc) is 2.58. The number of benzene rings is 2. The second-order valence-corrected chi connectivity index (χ2v) is 5.79. The molecule has 4 nitrogen and oxygen atoms in total. The van der Waals surface area contributed by atoms with E-state index in [4.69, 9.17) is 10.5 Å². The molecule has 2 aromatic carbocycles. The zero-order valence-corrected chi connectivity index (χ0v) is 14.6. The molecule has 3 N–H and O–H groups in total. The van der Waals surface area contributed by atoms with E-state index < -0.39 is 24.1 Å². The van der Waals surface area contributed by atoms with Crippen molar-refractivity contribution in [2.24, 2.45) is 5.73 Å². The molecule has 2 rings (SSSR count). The zero-order chi connectivity index (χ0) is 19.3. The highest BCUT2D eigenvalue weighted by atomic mass is 19.4. The van der Waals surface area contributed by atoms with E-state index in [0.717, 1.165) is 6.07 Å². The van der Waals surface area contributed by atoms with E-state index in [9.17, 15) is 18.0 Å². The summed E-state index contributed by atoms with van der Waals surface area (Å²) in [6.07, 6.45) is -5.07. The highest BCUT2D eigenvalue weighted by Gasteiger charge is 2.34. The molecule has 0 bridgehead atoms. The number of methoxy groups -OCH3 is 1. The quantitative estimate of drug-likeness (QED) is 0.788. The molecule has 2 aromatic rings. The van der Waals surface area contributed by atoms with Crippen LogP contribution in [0, 0.1) is 0 Å². The van der Waals surface area contributed by atoms with Gasteiger partial charge < -0.3 is 15.8 Å². The fourth-order valence-corrected chi connectivity index (χ4v) is 2.81. The van der Waals surface area contributed by atoms with Gasteiger partial charge in [-0.1, -0.05) is 25.1 Å². The fourth-order valence-electron chi connectivity index (χ4n) is 2.81. The summed E-state index contributed by atoms with van der Waals surface area (Å²) in [6, 6.07) is 9.53. The Morgan fingerprint density at radius 2 is 1.85 bits per heavy atom. The number of para-hydroxylation sites is 1. The van der Waals surface area contributed by atoms with Gasteiger partial charge in [0.1, 0.15) is 5.75 Å². The number of ether oxygens (including phenoxy) is 1. The molecule has 1 amide bonds. The van der Waals surface area contributed by atoms with Crippen molar-refractivity contribution in [1.29, 1.82) is 0 Å². The molecule has 0 aliphatic rings. The van der Waals surface area contributed by atoms with Gasteiger partial charge in [-0.3, -0.25) is 4.79 Å². The summed E-state index contributed by atoms with van der Waals surface area (Å²) in [5, 5.41) is 3.05. The molecule has 0 unspecified atom stereocenters. The van der Waals surface area contributed by atoms with Crippen LogP contribution in [0.5, 0.6) is 5.75 Å². The van der Waals surface area contributed by atoms with Crippen LogP contribution in [-0.4, -0.2) is 19.6 Å². The number of hydrogen-bond acceptors (Lipinski definition) is 3. The number of halogens is 3.